The van der Waals surface area contributed by atoms with Crippen molar-refractivity contribution in [2.45, 2.75) is 25.7 Å². The summed E-state index contributed by atoms with van der Waals surface area (Å²) in [5, 5.41) is 0. The third-order valence-electron chi connectivity index (χ3n) is 6.67. The first-order chi connectivity index (χ1) is 13.9. The molecule has 3 aliphatic heterocycles. The highest BCUT2D eigenvalue weighted by Crippen LogP contribution is 2.32. The molecule has 4 rings (SSSR count). The summed E-state index contributed by atoms with van der Waals surface area (Å²) in [6.45, 7) is 5.36. The molecule has 1 aliphatic carbocycles. The van der Waals surface area contributed by atoms with Crippen molar-refractivity contribution in [3.63, 3.8) is 0 Å². The number of nitrogens with zero attached hydrogens (tertiary/aromatic N) is 5. The summed E-state index contributed by atoms with van der Waals surface area (Å²) >= 11 is 0. The lowest BCUT2D eigenvalue weighted by Gasteiger charge is -2.40. The van der Waals surface area contributed by atoms with Crippen LogP contribution in [0.3, 0.4) is 0 Å². The quantitative estimate of drug-likeness (QED) is 0.591. The fraction of sp³-hybridized carbons (Fsp3) is 0.895. The molecule has 0 spiro atoms. The Balaban J connectivity index is 1.29. The summed E-state index contributed by atoms with van der Waals surface area (Å²) in [5.41, 5.74) is 0. The first kappa shape index (κ1) is 21.0. The van der Waals surface area contributed by atoms with Gasteiger partial charge in [-0.15, -0.1) is 0 Å². The van der Waals surface area contributed by atoms with Gasteiger partial charge in [0.1, 0.15) is 0 Å². The van der Waals surface area contributed by atoms with Crippen LogP contribution in [0.15, 0.2) is 0 Å². The van der Waals surface area contributed by atoms with Gasteiger partial charge in [0.2, 0.25) is 11.8 Å². The van der Waals surface area contributed by atoms with E-state index < -0.39 is 10.2 Å². The highest BCUT2D eigenvalue weighted by Gasteiger charge is 2.39. The van der Waals surface area contributed by atoms with E-state index in [9.17, 15) is 18.0 Å². The Hall–Kier alpha value is -1.23. The minimum absolute atomic E-state index is 0.0787. The average molecular weight is 428 g/mol. The molecule has 3 saturated heterocycles. The van der Waals surface area contributed by atoms with Gasteiger partial charge in [-0.2, -0.15) is 17.0 Å². The first-order valence-electron chi connectivity index (χ1n) is 10.9. The van der Waals surface area contributed by atoms with Crippen LogP contribution in [-0.4, -0.2) is 116 Å². The molecule has 164 valence electrons. The van der Waals surface area contributed by atoms with Gasteiger partial charge in [0.25, 0.3) is 10.2 Å². The number of likely N-dealkylation sites (tertiary alicyclic amines) is 1. The Bertz CT molecular complexity index is 725. The highest BCUT2D eigenvalue weighted by atomic mass is 32.2. The van der Waals surface area contributed by atoms with Gasteiger partial charge in [0.05, 0.1) is 5.92 Å². The zero-order chi connectivity index (χ0) is 20.6. The lowest BCUT2D eigenvalue weighted by Crippen LogP contribution is -2.58. The number of carbonyl (C=O) groups is 2. The molecule has 10 heteroatoms. The molecule has 29 heavy (non-hydrogen) atoms. The van der Waals surface area contributed by atoms with Crippen molar-refractivity contribution in [2.24, 2.45) is 11.8 Å². The summed E-state index contributed by atoms with van der Waals surface area (Å²) in [6.07, 6.45) is 3.65. The minimum atomic E-state index is -3.46. The lowest BCUT2D eigenvalue weighted by molar-refractivity contribution is -0.142. The second-order valence-corrected chi connectivity index (χ2v) is 10.8. The molecular weight excluding hydrogens is 394 g/mol. The molecule has 3 heterocycles. The maximum absolute atomic E-state index is 13.0. The SMILES string of the molecule is CN1CCN(S(=O)(=O)N2CCN(C(=O)C3CCCN(C(=O)C4CC4)C3)CC2)CC1. The number of piperazine rings is 2. The predicted molar refractivity (Wildman–Crippen MR) is 108 cm³/mol. The molecule has 1 unspecified atom stereocenters. The molecule has 0 aromatic rings. The van der Waals surface area contributed by atoms with Crippen LogP contribution in [0.5, 0.6) is 0 Å². The van der Waals surface area contributed by atoms with Crippen LogP contribution in [0.2, 0.25) is 0 Å². The number of carbonyl (C=O) groups excluding carboxylic acids is 2. The van der Waals surface area contributed by atoms with E-state index in [0.29, 0.717) is 45.8 Å². The van der Waals surface area contributed by atoms with E-state index in [1.807, 2.05) is 11.9 Å². The van der Waals surface area contributed by atoms with Crippen molar-refractivity contribution in [2.75, 3.05) is 72.5 Å². The Morgan fingerprint density at radius 3 is 1.83 bits per heavy atom. The van der Waals surface area contributed by atoms with Crippen molar-refractivity contribution >= 4 is 22.0 Å². The van der Waals surface area contributed by atoms with Crippen molar-refractivity contribution in [3.05, 3.63) is 0 Å². The van der Waals surface area contributed by atoms with Gasteiger partial charge in [-0.25, -0.2) is 0 Å². The maximum atomic E-state index is 13.0. The summed E-state index contributed by atoms with van der Waals surface area (Å²) in [7, 11) is -1.46. The van der Waals surface area contributed by atoms with E-state index in [0.717, 1.165) is 45.3 Å². The second-order valence-electron chi connectivity index (χ2n) is 8.83. The molecule has 4 aliphatic rings. The van der Waals surface area contributed by atoms with Crippen molar-refractivity contribution in [1.82, 2.24) is 23.3 Å². The van der Waals surface area contributed by atoms with Crippen molar-refractivity contribution in [3.8, 4) is 0 Å². The number of likely N-dealkylation sites (N-methyl/N-ethyl adjacent to an activating group) is 1. The summed E-state index contributed by atoms with van der Waals surface area (Å²) in [5.74, 6) is 0.333. The van der Waals surface area contributed by atoms with Crippen LogP contribution in [0.4, 0.5) is 0 Å². The predicted octanol–water partition coefficient (Wildman–Crippen LogP) is -0.729. The van der Waals surface area contributed by atoms with Gasteiger partial charge >= 0.3 is 0 Å². The number of hydrogen-bond donors (Lipinski definition) is 0. The van der Waals surface area contributed by atoms with E-state index >= 15 is 0 Å². The molecule has 0 bridgehead atoms. The first-order valence-corrected chi connectivity index (χ1v) is 12.3. The number of amides is 2. The van der Waals surface area contributed by atoms with Crippen molar-refractivity contribution in [1.29, 1.82) is 0 Å². The van der Waals surface area contributed by atoms with Gasteiger partial charge in [-0.1, -0.05) is 0 Å². The fourth-order valence-electron chi connectivity index (χ4n) is 4.55. The lowest BCUT2D eigenvalue weighted by atomic mass is 9.96. The molecule has 0 N–H and O–H groups in total. The van der Waals surface area contributed by atoms with Crippen LogP contribution >= 0.6 is 0 Å². The maximum Gasteiger partial charge on any atom is 0.282 e. The number of piperidine rings is 1. The molecule has 1 atom stereocenters. The Morgan fingerprint density at radius 2 is 1.24 bits per heavy atom. The monoisotopic (exact) mass is 427 g/mol. The number of hydrogen-bond acceptors (Lipinski definition) is 5. The highest BCUT2D eigenvalue weighted by molar-refractivity contribution is 7.86. The Morgan fingerprint density at radius 1 is 0.690 bits per heavy atom. The van der Waals surface area contributed by atoms with Crippen LogP contribution in [-0.2, 0) is 19.8 Å². The molecule has 9 nitrogen and oxygen atoms in total. The van der Waals surface area contributed by atoms with E-state index in [2.05, 4.69) is 4.90 Å². The van der Waals surface area contributed by atoms with E-state index in [-0.39, 0.29) is 23.7 Å². The molecule has 0 aromatic heterocycles. The van der Waals surface area contributed by atoms with E-state index in [1.165, 1.54) is 4.31 Å². The summed E-state index contributed by atoms with van der Waals surface area (Å²) < 4.78 is 28.9. The molecule has 4 fully saturated rings. The van der Waals surface area contributed by atoms with Gasteiger partial charge in [0.15, 0.2) is 0 Å². The zero-order valence-electron chi connectivity index (χ0n) is 17.3. The van der Waals surface area contributed by atoms with E-state index in [4.69, 9.17) is 0 Å². The normalized spacial score (nSPS) is 28.5. The Labute approximate surface area is 173 Å². The third kappa shape index (κ3) is 4.60. The molecule has 2 amide bonds. The zero-order valence-corrected chi connectivity index (χ0v) is 18.1. The average Bonchev–Trinajstić information content (AvgIpc) is 3.58. The molecule has 0 aromatic carbocycles. The van der Waals surface area contributed by atoms with Gasteiger partial charge in [-0.3, -0.25) is 9.59 Å². The van der Waals surface area contributed by atoms with Crippen molar-refractivity contribution < 1.29 is 18.0 Å². The molecular formula is C19H33N5O4S. The smallest absolute Gasteiger partial charge is 0.282 e. The van der Waals surface area contributed by atoms with Crippen LogP contribution in [0, 0.1) is 11.8 Å². The minimum Gasteiger partial charge on any atom is -0.342 e. The summed E-state index contributed by atoms with van der Waals surface area (Å²) in [6, 6.07) is 0. The van der Waals surface area contributed by atoms with Crippen LogP contribution < -0.4 is 0 Å². The van der Waals surface area contributed by atoms with Gasteiger partial charge < -0.3 is 14.7 Å². The second kappa shape index (κ2) is 8.49. The fourth-order valence-corrected chi connectivity index (χ4v) is 6.12. The Kier molecular flexibility index (Phi) is 6.15. The summed E-state index contributed by atoms with van der Waals surface area (Å²) in [4.78, 5) is 31.2. The van der Waals surface area contributed by atoms with Crippen LogP contribution in [0.25, 0.3) is 0 Å². The van der Waals surface area contributed by atoms with Gasteiger partial charge in [0, 0.05) is 71.4 Å². The van der Waals surface area contributed by atoms with E-state index in [1.54, 1.807) is 9.21 Å². The third-order valence-corrected chi connectivity index (χ3v) is 8.71. The number of rotatable bonds is 4. The standard InChI is InChI=1S/C19H33N5O4S/c1-20-7-11-23(12-8-20)29(27,28)24-13-9-21(10-14-24)19(26)17-3-2-6-22(15-17)18(25)16-4-5-16/h16-17H,2-15H2,1H3. The van der Waals surface area contributed by atoms with Gasteiger partial charge in [-0.05, 0) is 32.7 Å². The topological polar surface area (TPSA) is 84.5 Å². The van der Waals surface area contributed by atoms with Crippen LogP contribution in [0.1, 0.15) is 25.7 Å². The molecule has 0 radical (unpaired) electrons. The largest absolute Gasteiger partial charge is 0.342 e. The molecule has 1 saturated carbocycles.